The maximum Gasteiger partial charge on any atom is 0.242 e. The number of hydrogen-bond acceptors (Lipinski definition) is 2. The highest BCUT2D eigenvalue weighted by Crippen LogP contribution is 2.29. The molecule has 0 radical (unpaired) electrons. The summed E-state index contributed by atoms with van der Waals surface area (Å²) in [6.07, 6.45) is 1.93. The van der Waals surface area contributed by atoms with Crippen LogP contribution >= 0.6 is 0 Å². The van der Waals surface area contributed by atoms with Crippen LogP contribution in [0.25, 0.3) is 0 Å². The summed E-state index contributed by atoms with van der Waals surface area (Å²) >= 11 is 0. The quantitative estimate of drug-likeness (QED) is 0.704. The lowest BCUT2D eigenvalue weighted by atomic mass is 10.0. The molecule has 0 aromatic carbocycles. The van der Waals surface area contributed by atoms with Crippen LogP contribution in [-0.4, -0.2) is 24.4 Å². The number of hydrogen-bond donors (Lipinski definition) is 2. The third kappa shape index (κ3) is 3.53. The summed E-state index contributed by atoms with van der Waals surface area (Å²) in [7, 11) is 0. The van der Waals surface area contributed by atoms with Crippen LogP contribution in [0.4, 0.5) is 0 Å². The van der Waals surface area contributed by atoms with E-state index in [-0.39, 0.29) is 23.7 Å². The Morgan fingerprint density at radius 1 is 1.33 bits per heavy atom. The van der Waals surface area contributed by atoms with Gasteiger partial charge in [-0.1, -0.05) is 13.8 Å². The molecule has 1 atom stereocenters. The molecule has 0 aliphatic heterocycles. The lowest BCUT2D eigenvalue weighted by Crippen LogP contribution is -2.50. The number of carbonyl (C=O) groups is 2. The van der Waals surface area contributed by atoms with Gasteiger partial charge in [-0.25, -0.2) is 0 Å². The van der Waals surface area contributed by atoms with Crippen LogP contribution in [-0.2, 0) is 9.59 Å². The van der Waals surface area contributed by atoms with E-state index in [1.165, 1.54) is 0 Å². The average Bonchev–Trinajstić information content (AvgIpc) is 2.96. The van der Waals surface area contributed by atoms with Crippen LogP contribution in [0.15, 0.2) is 0 Å². The molecule has 0 spiro atoms. The van der Waals surface area contributed by atoms with Crippen LogP contribution in [0.3, 0.4) is 0 Å². The zero-order chi connectivity index (χ0) is 11.4. The Balaban J connectivity index is 2.48. The van der Waals surface area contributed by atoms with Crippen LogP contribution in [0, 0.1) is 11.8 Å². The van der Waals surface area contributed by atoms with Crippen molar-refractivity contribution in [2.75, 3.05) is 6.54 Å². The predicted molar refractivity (Wildman–Crippen MR) is 58.2 cm³/mol. The van der Waals surface area contributed by atoms with Crippen LogP contribution < -0.4 is 10.6 Å². The van der Waals surface area contributed by atoms with E-state index in [2.05, 4.69) is 10.6 Å². The van der Waals surface area contributed by atoms with E-state index in [0.29, 0.717) is 6.54 Å². The number of carbonyl (C=O) groups excluding carboxylic acids is 2. The molecule has 0 bridgehead atoms. The molecule has 4 heteroatoms. The summed E-state index contributed by atoms with van der Waals surface area (Å²) in [5.74, 6) is 0.223. The van der Waals surface area contributed by atoms with Crippen molar-refractivity contribution in [1.29, 1.82) is 0 Å². The summed E-state index contributed by atoms with van der Waals surface area (Å²) in [5, 5.41) is 5.55. The van der Waals surface area contributed by atoms with Crippen LogP contribution in [0.5, 0.6) is 0 Å². The molecule has 86 valence electrons. The zero-order valence-corrected chi connectivity index (χ0v) is 9.67. The minimum atomic E-state index is -0.391. The van der Waals surface area contributed by atoms with Gasteiger partial charge in [-0.05, 0) is 25.7 Å². The predicted octanol–water partition coefficient (Wildman–Crippen LogP) is 0.673. The van der Waals surface area contributed by atoms with Crippen molar-refractivity contribution in [2.24, 2.45) is 11.8 Å². The Kier molecular flexibility index (Phi) is 4.12. The van der Waals surface area contributed by atoms with Crippen LogP contribution in [0.2, 0.25) is 0 Å². The van der Waals surface area contributed by atoms with Gasteiger partial charge in [0.1, 0.15) is 6.04 Å². The molecule has 15 heavy (non-hydrogen) atoms. The first-order valence-electron chi connectivity index (χ1n) is 5.64. The lowest BCUT2D eigenvalue weighted by Gasteiger charge is -2.21. The van der Waals surface area contributed by atoms with Gasteiger partial charge < -0.3 is 10.6 Å². The molecule has 1 rings (SSSR count). The maximum atomic E-state index is 11.6. The summed E-state index contributed by atoms with van der Waals surface area (Å²) in [6.45, 7) is 6.35. The average molecular weight is 212 g/mol. The molecule has 1 fully saturated rings. The smallest absolute Gasteiger partial charge is 0.242 e. The summed E-state index contributed by atoms with van der Waals surface area (Å²) in [5.41, 5.74) is 0. The number of amides is 2. The molecule has 0 saturated heterocycles. The van der Waals surface area contributed by atoms with Crippen molar-refractivity contribution >= 4 is 11.8 Å². The minimum absolute atomic E-state index is 0.0277. The Hall–Kier alpha value is -1.06. The van der Waals surface area contributed by atoms with E-state index in [1.807, 2.05) is 20.8 Å². The topological polar surface area (TPSA) is 58.2 Å². The van der Waals surface area contributed by atoms with E-state index >= 15 is 0 Å². The molecule has 0 aromatic rings. The van der Waals surface area contributed by atoms with Crippen molar-refractivity contribution < 1.29 is 9.59 Å². The Morgan fingerprint density at radius 3 is 2.33 bits per heavy atom. The summed E-state index contributed by atoms with van der Waals surface area (Å²) in [6, 6.07) is -0.391. The first-order valence-corrected chi connectivity index (χ1v) is 5.64. The fourth-order valence-corrected chi connectivity index (χ4v) is 1.44. The molecule has 1 unspecified atom stereocenters. The van der Waals surface area contributed by atoms with Gasteiger partial charge in [-0.2, -0.15) is 0 Å². The van der Waals surface area contributed by atoms with Gasteiger partial charge in [-0.3, -0.25) is 9.59 Å². The van der Waals surface area contributed by atoms with Crippen molar-refractivity contribution in [3.63, 3.8) is 0 Å². The second-order valence-electron chi connectivity index (χ2n) is 4.40. The van der Waals surface area contributed by atoms with Gasteiger partial charge in [0.15, 0.2) is 0 Å². The Morgan fingerprint density at radius 2 is 1.93 bits per heavy atom. The highest BCUT2D eigenvalue weighted by Gasteiger charge is 2.33. The van der Waals surface area contributed by atoms with Crippen molar-refractivity contribution in [3.8, 4) is 0 Å². The van der Waals surface area contributed by atoms with E-state index < -0.39 is 6.04 Å². The molecule has 0 aromatic heterocycles. The van der Waals surface area contributed by atoms with Crippen molar-refractivity contribution in [2.45, 2.75) is 39.7 Å². The first-order chi connectivity index (χ1) is 7.06. The fourth-order valence-electron chi connectivity index (χ4n) is 1.44. The number of likely N-dealkylation sites (N-methyl/N-ethyl adjacent to an activating group) is 1. The summed E-state index contributed by atoms with van der Waals surface area (Å²) in [4.78, 5) is 23.2. The van der Waals surface area contributed by atoms with Gasteiger partial charge in [-0.15, -0.1) is 0 Å². The monoisotopic (exact) mass is 212 g/mol. The number of nitrogens with one attached hydrogen (secondary N) is 2. The Bertz CT molecular complexity index is 247. The highest BCUT2D eigenvalue weighted by molar-refractivity contribution is 5.89. The lowest BCUT2D eigenvalue weighted by molar-refractivity contribution is -0.130. The highest BCUT2D eigenvalue weighted by atomic mass is 16.2. The third-order valence-electron chi connectivity index (χ3n) is 2.55. The van der Waals surface area contributed by atoms with E-state index in [4.69, 9.17) is 0 Å². The normalized spacial score (nSPS) is 17.3. The van der Waals surface area contributed by atoms with Crippen molar-refractivity contribution in [1.82, 2.24) is 10.6 Å². The molecule has 1 aliphatic rings. The van der Waals surface area contributed by atoms with Crippen LogP contribution in [0.1, 0.15) is 33.6 Å². The van der Waals surface area contributed by atoms with Gasteiger partial charge in [0.05, 0.1) is 0 Å². The molecular formula is C11H20N2O2. The fraction of sp³-hybridized carbons (Fsp3) is 0.818. The maximum absolute atomic E-state index is 11.6. The van der Waals surface area contributed by atoms with E-state index in [0.717, 1.165) is 12.8 Å². The second kappa shape index (κ2) is 5.14. The molecule has 2 amide bonds. The standard InChI is InChI=1S/C11H20N2O2/c1-4-12-11(15)9(7(2)3)13-10(14)8-5-6-8/h7-9H,4-6H2,1-3H3,(H,12,15)(H,13,14). The molecule has 1 saturated carbocycles. The van der Waals surface area contributed by atoms with Crippen molar-refractivity contribution in [3.05, 3.63) is 0 Å². The minimum Gasteiger partial charge on any atom is -0.355 e. The SMILES string of the molecule is CCNC(=O)C(NC(=O)C1CC1)C(C)C. The van der Waals surface area contributed by atoms with Gasteiger partial charge in [0.25, 0.3) is 0 Å². The number of rotatable bonds is 5. The van der Waals surface area contributed by atoms with Gasteiger partial charge >= 0.3 is 0 Å². The molecule has 1 aliphatic carbocycles. The van der Waals surface area contributed by atoms with Gasteiger partial charge in [0, 0.05) is 12.5 Å². The molecular weight excluding hydrogens is 192 g/mol. The zero-order valence-electron chi connectivity index (χ0n) is 9.67. The third-order valence-corrected chi connectivity index (χ3v) is 2.55. The second-order valence-corrected chi connectivity index (χ2v) is 4.40. The molecule has 2 N–H and O–H groups in total. The van der Waals surface area contributed by atoms with Gasteiger partial charge in [0.2, 0.25) is 11.8 Å². The van der Waals surface area contributed by atoms with E-state index in [9.17, 15) is 9.59 Å². The Labute approximate surface area is 90.8 Å². The first kappa shape index (κ1) is 12.0. The molecule has 0 heterocycles. The summed E-state index contributed by atoms with van der Waals surface area (Å²) < 4.78 is 0. The largest absolute Gasteiger partial charge is 0.355 e. The molecule has 4 nitrogen and oxygen atoms in total. The van der Waals surface area contributed by atoms with E-state index in [1.54, 1.807) is 0 Å².